The molecule has 2 aromatic rings. The van der Waals surface area contributed by atoms with Crippen molar-refractivity contribution in [2.75, 3.05) is 38.1 Å². The topological polar surface area (TPSA) is 57.7 Å². The lowest BCUT2D eigenvalue weighted by Crippen LogP contribution is -2.49. The van der Waals surface area contributed by atoms with Gasteiger partial charge in [0.15, 0.2) is 0 Å². The van der Waals surface area contributed by atoms with Crippen molar-refractivity contribution in [2.45, 2.75) is 13.5 Å². The van der Waals surface area contributed by atoms with Crippen LogP contribution in [0.3, 0.4) is 0 Å². The molecule has 1 aromatic heterocycles. The zero-order valence-electron chi connectivity index (χ0n) is 14.5. The molecule has 1 aromatic carbocycles. The van der Waals surface area contributed by atoms with Gasteiger partial charge in [-0.3, -0.25) is 9.88 Å². The lowest BCUT2D eigenvalue weighted by Gasteiger charge is -2.34. The van der Waals surface area contributed by atoms with Crippen molar-refractivity contribution in [3.05, 3.63) is 54.4 Å². The Labute approximate surface area is 148 Å². The van der Waals surface area contributed by atoms with Crippen LogP contribution >= 0.6 is 0 Å². The summed E-state index contributed by atoms with van der Waals surface area (Å²) in [6.07, 6.45) is 3.63. The Kier molecular flexibility index (Phi) is 5.85. The van der Waals surface area contributed by atoms with Gasteiger partial charge in [0.2, 0.25) is 0 Å². The molecule has 1 aliphatic heterocycles. The highest BCUT2D eigenvalue weighted by Gasteiger charge is 2.21. The zero-order valence-corrected chi connectivity index (χ0v) is 14.5. The maximum Gasteiger partial charge on any atom is 0.321 e. The molecular weight excluding hydrogens is 316 g/mol. The summed E-state index contributed by atoms with van der Waals surface area (Å²) in [6, 6.07) is 11.5. The van der Waals surface area contributed by atoms with E-state index in [2.05, 4.69) is 15.2 Å². The van der Waals surface area contributed by atoms with E-state index in [1.807, 2.05) is 60.6 Å². The number of carbonyl (C=O) groups excluding carboxylic acids is 1. The van der Waals surface area contributed by atoms with Crippen LogP contribution in [0.4, 0.5) is 10.5 Å². The highest BCUT2D eigenvalue weighted by Crippen LogP contribution is 2.18. The third-order valence-electron chi connectivity index (χ3n) is 4.21. The number of pyridine rings is 1. The first-order valence-electron chi connectivity index (χ1n) is 8.64. The number of rotatable bonds is 5. The van der Waals surface area contributed by atoms with Crippen LogP contribution in [0.2, 0.25) is 0 Å². The number of benzene rings is 1. The molecule has 0 bridgehead atoms. The monoisotopic (exact) mass is 340 g/mol. The van der Waals surface area contributed by atoms with Crippen molar-refractivity contribution in [3.8, 4) is 5.75 Å². The Bertz CT molecular complexity index is 685. The second-order valence-electron chi connectivity index (χ2n) is 6.01. The van der Waals surface area contributed by atoms with Gasteiger partial charge in [0.25, 0.3) is 0 Å². The molecule has 0 saturated carbocycles. The predicted molar refractivity (Wildman–Crippen MR) is 97.7 cm³/mol. The zero-order chi connectivity index (χ0) is 17.5. The van der Waals surface area contributed by atoms with Gasteiger partial charge in [-0.1, -0.05) is 6.07 Å². The normalized spacial score (nSPS) is 15.0. The summed E-state index contributed by atoms with van der Waals surface area (Å²) in [5.41, 5.74) is 2.01. The number of piperazine rings is 1. The van der Waals surface area contributed by atoms with E-state index in [0.29, 0.717) is 6.61 Å². The first-order chi connectivity index (χ1) is 12.2. The molecule has 0 aliphatic carbocycles. The van der Waals surface area contributed by atoms with Crippen molar-refractivity contribution in [3.63, 3.8) is 0 Å². The molecular formula is C19H24N4O2. The summed E-state index contributed by atoms with van der Waals surface area (Å²) >= 11 is 0. The molecule has 1 fully saturated rings. The van der Waals surface area contributed by atoms with Gasteiger partial charge >= 0.3 is 6.03 Å². The average molecular weight is 340 g/mol. The first-order valence-corrected chi connectivity index (χ1v) is 8.64. The van der Waals surface area contributed by atoms with Crippen LogP contribution in [0.25, 0.3) is 0 Å². The maximum absolute atomic E-state index is 12.4. The minimum atomic E-state index is -0.0581. The van der Waals surface area contributed by atoms with Crippen molar-refractivity contribution in [2.24, 2.45) is 0 Å². The lowest BCUT2D eigenvalue weighted by atomic mass is 10.2. The fourth-order valence-corrected chi connectivity index (χ4v) is 2.89. The molecule has 0 atom stereocenters. The van der Waals surface area contributed by atoms with Gasteiger partial charge in [-0.15, -0.1) is 0 Å². The molecule has 0 unspecified atom stereocenters. The number of aromatic nitrogens is 1. The molecule has 0 radical (unpaired) electrons. The Morgan fingerprint density at radius 2 is 1.92 bits per heavy atom. The van der Waals surface area contributed by atoms with E-state index in [-0.39, 0.29) is 6.03 Å². The van der Waals surface area contributed by atoms with E-state index in [4.69, 9.17) is 4.74 Å². The van der Waals surface area contributed by atoms with Crippen LogP contribution in [-0.2, 0) is 6.54 Å². The number of urea groups is 1. The van der Waals surface area contributed by atoms with E-state index in [1.165, 1.54) is 5.56 Å². The predicted octanol–water partition coefficient (Wildman–Crippen LogP) is 2.83. The Morgan fingerprint density at radius 3 is 2.64 bits per heavy atom. The number of nitrogens with one attached hydrogen (secondary N) is 1. The number of ether oxygens (including phenoxy) is 1. The third-order valence-corrected chi connectivity index (χ3v) is 4.21. The van der Waals surface area contributed by atoms with E-state index in [9.17, 15) is 4.79 Å². The SMILES string of the molecule is CCOc1cccc(NC(=O)N2CCN(Cc3ccncc3)CC2)c1. The Hall–Kier alpha value is -2.60. The standard InChI is InChI=1S/C19H24N4O2/c1-2-25-18-5-3-4-17(14-18)21-19(24)23-12-10-22(11-13-23)15-16-6-8-20-9-7-16/h3-9,14H,2,10-13,15H2,1H3,(H,21,24). The minimum absolute atomic E-state index is 0.0581. The van der Waals surface area contributed by atoms with E-state index >= 15 is 0 Å². The molecule has 1 aliphatic rings. The fraction of sp³-hybridized carbons (Fsp3) is 0.368. The molecule has 132 valence electrons. The molecule has 3 rings (SSSR count). The van der Waals surface area contributed by atoms with E-state index in [1.54, 1.807) is 0 Å². The molecule has 2 heterocycles. The first kappa shape index (κ1) is 17.2. The summed E-state index contributed by atoms with van der Waals surface area (Å²) in [4.78, 5) is 20.7. The summed E-state index contributed by atoms with van der Waals surface area (Å²) in [7, 11) is 0. The summed E-state index contributed by atoms with van der Waals surface area (Å²) < 4.78 is 5.47. The number of amides is 2. The molecule has 25 heavy (non-hydrogen) atoms. The van der Waals surface area contributed by atoms with Crippen LogP contribution in [0, 0.1) is 0 Å². The lowest BCUT2D eigenvalue weighted by molar-refractivity contribution is 0.143. The molecule has 6 nitrogen and oxygen atoms in total. The van der Waals surface area contributed by atoms with Crippen LogP contribution in [-0.4, -0.2) is 53.6 Å². The smallest absolute Gasteiger partial charge is 0.321 e. The summed E-state index contributed by atoms with van der Waals surface area (Å²) in [6.45, 7) is 6.63. The van der Waals surface area contributed by atoms with Gasteiger partial charge in [-0.05, 0) is 36.8 Å². The van der Waals surface area contributed by atoms with Crippen LogP contribution < -0.4 is 10.1 Å². The summed E-state index contributed by atoms with van der Waals surface area (Å²) in [5, 5.41) is 2.96. The number of carbonyl (C=O) groups is 1. The van der Waals surface area contributed by atoms with Crippen LogP contribution in [0.5, 0.6) is 5.75 Å². The number of anilines is 1. The highest BCUT2D eigenvalue weighted by atomic mass is 16.5. The molecule has 1 N–H and O–H groups in total. The molecule has 0 spiro atoms. The third kappa shape index (κ3) is 4.93. The number of hydrogen-bond donors (Lipinski definition) is 1. The quantitative estimate of drug-likeness (QED) is 0.909. The van der Waals surface area contributed by atoms with Gasteiger partial charge in [0.05, 0.1) is 6.61 Å². The van der Waals surface area contributed by atoms with Crippen LogP contribution in [0.15, 0.2) is 48.8 Å². The molecule has 6 heteroatoms. The minimum Gasteiger partial charge on any atom is -0.494 e. The van der Waals surface area contributed by atoms with E-state index in [0.717, 1.165) is 44.2 Å². The number of hydrogen-bond acceptors (Lipinski definition) is 4. The number of nitrogens with zero attached hydrogens (tertiary/aromatic N) is 3. The van der Waals surface area contributed by atoms with Crippen molar-refractivity contribution in [1.82, 2.24) is 14.8 Å². The van der Waals surface area contributed by atoms with Gasteiger partial charge in [-0.2, -0.15) is 0 Å². The van der Waals surface area contributed by atoms with Crippen LogP contribution in [0.1, 0.15) is 12.5 Å². The van der Waals surface area contributed by atoms with Crippen molar-refractivity contribution in [1.29, 1.82) is 0 Å². The highest BCUT2D eigenvalue weighted by molar-refractivity contribution is 5.89. The Balaban J connectivity index is 1.49. The van der Waals surface area contributed by atoms with Gasteiger partial charge in [-0.25, -0.2) is 4.79 Å². The van der Waals surface area contributed by atoms with Gasteiger partial charge < -0.3 is 15.0 Å². The fourth-order valence-electron chi connectivity index (χ4n) is 2.89. The van der Waals surface area contributed by atoms with Gasteiger partial charge in [0, 0.05) is 56.9 Å². The van der Waals surface area contributed by atoms with Crippen molar-refractivity contribution >= 4 is 11.7 Å². The van der Waals surface area contributed by atoms with Crippen molar-refractivity contribution < 1.29 is 9.53 Å². The molecule has 2 amide bonds. The second-order valence-corrected chi connectivity index (χ2v) is 6.01. The summed E-state index contributed by atoms with van der Waals surface area (Å²) in [5.74, 6) is 0.766. The Morgan fingerprint density at radius 1 is 1.16 bits per heavy atom. The van der Waals surface area contributed by atoms with Gasteiger partial charge in [0.1, 0.15) is 5.75 Å². The average Bonchev–Trinajstić information content (AvgIpc) is 2.64. The largest absolute Gasteiger partial charge is 0.494 e. The molecule has 1 saturated heterocycles. The second kappa shape index (κ2) is 8.48. The van der Waals surface area contributed by atoms with E-state index < -0.39 is 0 Å². The maximum atomic E-state index is 12.4.